The fraction of sp³-hybridized carbons (Fsp3) is 0.250. The van der Waals surface area contributed by atoms with Gasteiger partial charge >= 0.3 is 0 Å². The van der Waals surface area contributed by atoms with Crippen molar-refractivity contribution in [3.8, 4) is 0 Å². The monoisotopic (exact) mass is 306 g/mol. The van der Waals surface area contributed by atoms with Crippen molar-refractivity contribution < 1.29 is 8.42 Å². The largest absolute Gasteiger partial charge is 0.399 e. The van der Waals surface area contributed by atoms with Crippen molar-refractivity contribution in [3.63, 3.8) is 0 Å². The second-order valence-electron chi connectivity index (χ2n) is 5.73. The Morgan fingerprint density at radius 2 is 1.33 bits per heavy atom. The van der Waals surface area contributed by atoms with Crippen LogP contribution in [0.1, 0.15) is 26.3 Å². The molecular weight excluding hydrogens is 284 g/mol. The lowest BCUT2D eigenvalue weighted by Gasteiger charge is -2.18. The maximum Gasteiger partial charge on any atom is 0.238 e. The highest BCUT2D eigenvalue weighted by atomic mass is 32.2. The lowest BCUT2D eigenvalue weighted by molar-refractivity contribution is 0.590. The Hall–Kier alpha value is -1.85. The molecule has 0 spiro atoms. The molecule has 2 aromatic rings. The van der Waals surface area contributed by atoms with Crippen LogP contribution in [-0.4, -0.2) is 8.42 Å². The van der Waals surface area contributed by atoms with E-state index in [4.69, 9.17) is 10.9 Å². The molecule has 4 N–H and O–H groups in total. The van der Waals surface area contributed by atoms with Gasteiger partial charge in [0.25, 0.3) is 0 Å². The van der Waals surface area contributed by atoms with Crippen molar-refractivity contribution in [2.75, 3.05) is 5.73 Å². The molecule has 0 aromatic heterocycles. The van der Waals surface area contributed by atoms with Gasteiger partial charge in [-0.1, -0.05) is 51.1 Å². The number of primary sulfonamides is 1. The van der Waals surface area contributed by atoms with Crippen molar-refractivity contribution >= 4 is 15.7 Å². The molecule has 2 rings (SSSR count). The zero-order valence-corrected chi connectivity index (χ0v) is 13.4. The van der Waals surface area contributed by atoms with Crippen LogP contribution in [0.4, 0.5) is 5.69 Å². The number of sulfonamides is 1. The molecule has 0 unspecified atom stereocenters. The van der Waals surface area contributed by atoms with E-state index in [1.54, 1.807) is 0 Å². The van der Waals surface area contributed by atoms with Gasteiger partial charge in [0.15, 0.2) is 0 Å². The van der Waals surface area contributed by atoms with Crippen LogP contribution in [0.25, 0.3) is 0 Å². The molecule has 0 aliphatic rings. The third-order valence-electron chi connectivity index (χ3n) is 2.85. The first-order valence-electron chi connectivity index (χ1n) is 6.54. The number of anilines is 1. The van der Waals surface area contributed by atoms with Crippen molar-refractivity contribution in [2.24, 2.45) is 5.14 Å². The average molecular weight is 306 g/mol. The number of hydrogen-bond acceptors (Lipinski definition) is 3. The molecule has 2 aromatic carbocycles. The Bertz CT molecular complexity index is 658. The maximum atomic E-state index is 10.7. The molecule has 0 bridgehead atoms. The summed E-state index contributed by atoms with van der Waals surface area (Å²) >= 11 is 0. The van der Waals surface area contributed by atoms with Gasteiger partial charge in [-0.25, -0.2) is 13.6 Å². The molecule has 0 saturated carbocycles. The Labute approximate surface area is 126 Å². The third kappa shape index (κ3) is 5.97. The van der Waals surface area contributed by atoms with E-state index in [-0.39, 0.29) is 4.90 Å². The standard InChI is InChI=1S/C10H14.C6H8N2O2S/c1-10(2,3)9-7-5-4-6-8-9;7-5-1-3-6(4-2-5)11(8,9)10/h4-8H,1-3H3;1-4H,7H2,(H2,8,9,10). The summed E-state index contributed by atoms with van der Waals surface area (Å²) in [5.74, 6) is 0. The molecule has 0 fully saturated rings. The van der Waals surface area contributed by atoms with E-state index in [1.165, 1.54) is 29.8 Å². The first kappa shape index (κ1) is 17.2. The number of nitrogen functional groups attached to an aromatic ring is 1. The van der Waals surface area contributed by atoms with Crippen molar-refractivity contribution in [1.82, 2.24) is 0 Å². The van der Waals surface area contributed by atoms with Gasteiger partial charge in [-0.05, 0) is 35.2 Å². The summed E-state index contributed by atoms with van der Waals surface area (Å²) in [6.07, 6.45) is 0. The highest BCUT2D eigenvalue weighted by Gasteiger charge is 2.11. The van der Waals surface area contributed by atoms with Crippen LogP contribution >= 0.6 is 0 Å². The zero-order valence-electron chi connectivity index (χ0n) is 12.6. The minimum absolute atomic E-state index is 0.0756. The van der Waals surface area contributed by atoms with Crippen molar-refractivity contribution in [1.29, 1.82) is 0 Å². The van der Waals surface area contributed by atoms with Crippen LogP contribution in [0.5, 0.6) is 0 Å². The van der Waals surface area contributed by atoms with Gasteiger partial charge in [0.2, 0.25) is 10.0 Å². The molecule has 0 aliphatic heterocycles. The summed E-state index contributed by atoms with van der Waals surface area (Å²) in [7, 11) is -3.58. The van der Waals surface area contributed by atoms with E-state index in [9.17, 15) is 8.42 Å². The zero-order chi connectivity index (χ0) is 16.1. The van der Waals surface area contributed by atoms with Crippen molar-refractivity contribution in [3.05, 3.63) is 60.2 Å². The Kier molecular flexibility index (Phi) is 5.52. The van der Waals surface area contributed by atoms with E-state index < -0.39 is 10.0 Å². The van der Waals surface area contributed by atoms with Crippen LogP contribution in [0.3, 0.4) is 0 Å². The minimum Gasteiger partial charge on any atom is -0.399 e. The second kappa shape index (κ2) is 6.74. The molecule has 0 atom stereocenters. The van der Waals surface area contributed by atoms with Gasteiger partial charge in [0.1, 0.15) is 0 Å². The highest BCUT2D eigenvalue weighted by molar-refractivity contribution is 7.89. The predicted molar refractivity (Wildman–Crippen MR) is 87.4 cm³/mol. The number of hydrogen-bond donors (Lipinski definition) is 2. The molecule has 5 heteroatoms. The molecule has 0 saturated heterocycles. The van der Waals surface area contributed by atoms with E-state index in [0.717, 1.165) is 0 Å². The van der Waals surface area contributed by atoms with Gasteiger partial charge in [0.05, 0.1) is 4.90 Å². The normalized spacial score (nSPS) is 11.4. The highest BCUT2D eigenvalue weighted by Crippen LogP contribution is 2.20. The molecule has 21 heavy (non-hydrogen) atoms. The SMILES string of the molecule is CC(C)(C)c1ccccc1.Nc1ccc(S(N)(=O)=O)cc1. The summed E-state index contributed by atoms with van der Waals surface area (Å²) in [6.45, 7) is 6.67. The van der Waals surface area contributed by atoms with E-state index in [0.29, 0.717) is 11.1 Å². The van der Waals surface area contributed by atoms with Gasteiger partial charge in [-0.15, -0.1) is 0 Å². The van der Waals surface area contributed by atoms with Gasteiger partial charge in [-0.3, -0.25) is 0 Å². The molecule has 114 valence electrons. The van der Waals surface area contributed by atoms with E-state index in [2.05, 4.69) is 51.1 Å². The first-order chi connectivity index (χ1) is 9.60. The molecule has 0 heterocycles. The topological polar surface area (TPSA) is 86.2 Å². The van der Waals surface area contributed by atoms with Crippen molar-refractivity contribution in [2.45, 2.75) is 31.1 Å². The van der Waals surface area contributed by atoms with Crippen LogP contribution in [0.2, 0.25) is 0 Å². The molecule has 0 amide bonds. The number of benzene rings is 2. The van der Waals surface area contributed by atoms with E-state index in [1.807, 2.05) is 0 Å². The van der Waals surface area contributed by atoms with E-state index >= 15 is 0 Å². The second-order valence-corrected chi connectivity index (χ2v) is 7.29. The minimum atomic E-state index is -3.58. The fourth-order valence-corrected chi connectivity index (χ4v) is 2.11. The molecule has 0 radical (unpaired) electrons. The molecular formula is C16H22N2O2S. The number of rotatable bonds is 1. The Balaban J connectivity index is 0.000000211. The van der Waals surface area contributed by atoms with Crippen LogP contribution in [0.15, 0.2) is 59.5 Å². The summed E-state index contributed by atoms with van der Waals surface area (Å²) in [5, 5.41) is 4.84. The van der Waals surface area contributed by atoms with Gasteiger partial charge in [-0.2, -0.15) is 0 Å². The lowest BCUT2D eigenvalue weighted by Crippen LogP contribution is -2.11. The average Bonchev–Trinajstić information content (AvgIpc) is 2.39. The smallest absolute Gasteiger partial charge is 0.238 e. The maximum absolute atomic E-state index is 10.7. The predicted octanol–water partition coefficient (Wildman–Crippen LogP) is 2.90. The summed E-state index contributed by atoms with van der Waals surface area (Å²) in [6, 6.07) is 16.3. The number of nitrogens with two attached hydrogens (primary N) is 2. The third-order valence-corrected chi connectivity index (χ3v) is 3.78. The fourth-order valence-electron chi connectivity index (χ4n) is 1.60. The Morgan fingerprint density at radius 3 is 1.67 bits per heavy atom. The summed E-state index contributed by atoms with van der Waals surface area (Å²) in [5.41, 5.74) is 7.54. The summed E-state index contributed by atoms with van der Waals surface area (Å²) < 4.78 is 21.4. The first-order valence-corrected chi connectivity index (χ1v) is 8.09. The summed E-state index contributed by atoms with van der Waals surface area (Å²) in [4.78, 5) is 0.0756. The van der Waals surface area contributed by atoms with Gasteiger partial charge in [0, 0.05) is 5.69 Å². The quantitative estimate of drug-likeness (QED) is 0.794. The van der Waals surface area contributed by atoms with Gasteiger partial charge < -0.3 is 5.73 Å². The van der Waals surface area contributed by atoms with Crippen LogP contribution in [0, 0.1) is 0 Å². The molecule has 4 nitrogen and oxygen atoms in total. The lowest BCUT2D eigenvalue weighted by atomic mass is 9.87. The Morgan fingerprint density at radius 1 is 0.857 bits per heavy atom. The molecule has 0 aliphatic carbocycles. The van der Waals surface area contributed by atoms with Crippen LogP contribution < -0.4 is 10.9 Å². The van der Waals surface area contributed by atoms with Crippen LogP contribution in [-0.2, 0) is 15.4 Å².